The second-order valence-corrected chi connectivity index (χ2v) is 5.96. The van der Waals surface area contributed by atoms with Crippen molar-refractivity contribution in [3.8, 4) is 0 Å². The molecule has 0 saturated heterocycles. The summed E-state index contributed by atoms with van der Waals surface area (Å²) in [6, 6.07) is 0. The van der Waals surface area contributed by atoms with E-state index in [1.54, 1.807) is 7.05 Å². The van der Waals surface area contributed by atoms with Crippen molar-refractivity contribution in [1.82, 2.24) is 20.2 Å². The van der Waals surface area contributed by atoms with Gasteiger partial charge in [-0.05, 0) is 19.3 Å². The zero-order valence-electron chi connectivity index (χ0n) is 11.7. The molecular formula is C13H14F2N4O3. The molecule has 1 heterocycles. The van der Waals surface area contributed by atoms with E-state index in [-0.39, 0.29) is 11.2 Å². The van der Waals surface area contributed by atoms with Crippen LogP contribution in [0.5, 0.6) is 0 Å². The third kappa shape index (κ3) is 2.08. The lowest BCUT2D eigenvalue weighted by Crippen LogP contribution is -2.83. The van der Waals surface area contributed by atoms with Gasteiger partial charge in [0.2, 0.25) is 0 Å². The monoisotopic (exact) mass is 312 g/mol. The number of carbonyl (C=O) groups excluding carboxylic acids is 1. The Labute approximate surface area is 124 Å². The van der Waals surface area contributed by atoms with Gasteiger partial charge in [0.15, 0.2) is 0 Å². The van der Waals surface area contributed by atoms with Crippen LogP contribution in [0.1, 0.15) is 41.9 Å². The zero-order valence-corrected chi connectivity index (χ0v) is 11.7. The molecule has 3 fully saturated rings. The minimum absolute atomic E-state index is 0.00290. The van der Waals surface area contributed by atoms with Gasteiger partial charge in [0, 0.05) is 12.6 Å². The number of alkyl halides is 2. The van der Waals surface area contributed by atoms with Gasteiger partial charge in [0.05, 0.1) is 17.9 Å². The van der Waals surface area contributed by atoms with Crippen molar-refractivity contribution >= 4 is 12.0 Å². The fraction of sp³-hybridized carbons (Fsp3) is 0.538. The highest BCUT2D eigenvalue weighted by Crippen LogP contribution is 2.63. The minimum atomic E-state index is -2.73. The number of nitrogens with zero attached hydrogens (tertiary/aromatic N) is 3. The fourth-order valence-corrected chi connectivity index (χ4v) is 3.40. The maximum Gasteiger partial charge on any atom is 0.405 e. The summed E-state index contributed by atoms with van der Waals surface area (Å²) >= 11 is 0. The van der Waals surface area contributed by atoms with E-state index in [1.165, 1.54) is 4.90 Å². The molecule has 22 heavy (non-hydrogen) atoms. The molecule has 0 spiro atoms. The van der Waals surface area contributed by atoms with Crippen molar-refractivity contribution in [2.45, 2.75) is 36.8 Å². The Morgan fingerprint density at radius 3 is 2.41 bits per heavy atom. The van der Waals surface area contributed by atoms with Crippen LogP contribution in [0.3, 0.4) is 0 Å². The molecule has 3 aliphatic carbocycles. The Kier molecular flexibility index (Phi) is 3.05. The lowest BCUT2D eigenvalue weighted by molar-refractivity contribution is -0.149. The van der Waals surface area contributed by atoms with Gasteiger partial charge in [-0.3, -0.25) is 9.78 Å². The summed E-state index contributed by atoms with van der Waals surface area (Å²) in [5, 5.41) is 11.2. The summed E-state index contributed by atoms with van der Waals surface area (Å²) in [6.45, 7) is 0. The molecule has 0 aromatic carbocycles. The van der Waals surface area contributed by atoms with Gasteiger partial charge in [-0.2, -0.15) is 0 Å². The highest BCUT2D eigenvalue weighted by molar-refractivity contribution is 5.92. The van der Waals surface area contributed by atoms with E-state index < -0.39 is 29.7 Å². The van der Waals surface area contributed by atoms with Crippen LogP contribution in [0.15, 0.2) is 12.4 Å². The van der Waals surface area contributed by atoms with Gasteiger partial charge in [0.25, 0.3) is 12.3 Å². The molecule has 2 N–H and O–H groups in total. The van der Waals surface area contributed by atoms with E-state index >= 15 is 0 Å². The first-order chi connectivity index (χ1) is 10.3. The van der Waals surface area contributed by atoms with E-state index in [1.807, 2.05) is 0 Å². The van der Waals surface area contributed by atoms with Crippen molar-refractivity contribution in [2.24, 2.45) is 0 Å². The number of hydrogen-bond donors (Lipinski definition) is 2. The second-order valence-electron chi connectivity index (χ2n) is 5.96. The lowest BCUT2D eigenvalue weighted by atomic mass is 9.43. The summed E-state index contributed by atoms with van der Waals surface area (Å²) in [5.41, 5.74) is -1.28. The van der Waals surface area contributed by atoms with Crippen LogP contribution in [0.25, 0.3) is 0 Å². The van der Waals surface area contributed by atoms with Crippen molar-refractivity contribution in [3.05, 3.63) is 23.8 Å². The number of rotatable bonds is 4. The number of carboxylic acid groups (broad SMARTS) is 1. The molecule has 4 rings (SSSR count). The summed E-state index contributed by atoms with van der Waals surface area (Å²) in [5.74, 6) is -0.406. The molecule has 0 atom stereocenters. The normalized spacial score (nSPS) is 28.5. The topological polar surface area (TPSA) is 95.4 Å². The molecule has 7 nitrogen and oxygen atoms in total. The number of amides is 2. The van der Waals surface area contributed by atoms with E-state index in [0.717, 1.165) is 12.4 Å². The average Bonchev–Trinajstić information content (AvgIpc) is 2.39. The Morgan fingerprint density at radius 2 is 1.95 bits per heavy atom. The Bertz CT molecular complexity index is 615. The van der Waals surface area contributed by atoms with Crippen molar-refractivity contribution in [2.75, 3.05) is 7.05 Å². The smallest absolute Gasteiger partial charge is 0.405 e. The molecule has 2 bridgehead atoms. The van der Waals surface area contributed by atoms with Crippen LogP contribution in [-0.4, -0.2) is 50.1 Å². The quantitative estimate of drug-likeness (QED) is 0.877. The van der Waals surface area contributed by atoms with Crippen molar-refractivity contribution < 1.29 is 23.5 Å². The van der Waals surface area contributed by atoms with Gasteiger partial charge < -0.3 is 15.3 Å². The first-order valence-electron chi connectivity index (χ1n) is 6.66. The summed E-state index contributed by atoms with van der Waals surface area (Å²) < 4.78 is 24.8. The summed E-state index contributed by atoms with van der Waals surface area (Å²) in [7, 11) is 1.61. The maximum absolute atomic E-state index is 12.4. The summed E-state index contributed by atoms with van der Waals surface area (Å²) in [4.78, 5) is 31.8. The number of carbonyl (C=O) groups is 2. The summed E-state index contributed by atoms with van der Waals surface area (Å²) in [6.07, 6.45) is -0.214. The van der Waals surface area contributed by atoms with Gasteiger partial charge in [0.1, 0.15) is 11.4 Å². The highest BCUT2D eigenvalue weighted by atomic mass is 19.3. The first kappa shape index (κ1) is 14.6. The van der Waals surface area contributed by atoms with Crippen LogP contribution >= 0.6 is 0 Å². The van der Waals surface area contributed by atoms with Crippen molar-refractivity contribution in [1.29, 1.82) is 0 Å². The van der Waals surface area contributed by atoms with Crippen molar-refractivity contribution in [3.63, 3.8) is 0 Å². The first-order valence-corrected chi connectivity index (χ1v) is 6.66. The standard InChI is InChI=1S/C13H14F2N4O3/c1-19(13-4-12(5-13,6-13)18-11(21)22)10(20)8-3-16-7(2-17-8)9(14)15/h2-3,9,18H,4-6H2,1H3,(H,21,22). The molecule has 118 valence electrons. The van der Waals surface area contributed by atoms with Gasteiger partial charge in [-0.15, -0.1) is 0 Å². The SMILES string of the molecule is CN(C(=O)c1cnc(C(F)F)cn1)C12CC(NC(=O)O)(C1)C2. The van der Waals surface area contributed by atoms with E-state index in [4.69, 9.17) is 5.11 Å². The lowest BCUT2D eigenvalue weighted by Gasteiger charge is -2.72. The zero-order chi connectivity index (χ0) is 16.1. The molecule has 0 unspecified atom stereocenters. The van der Waals surface area contributed by atoms with E-state index in [9.17, 15) is 18.4 Å². The number of nitrogens with one attached hydrogen (secondary N) is 1. The Balaban J connectivity index is 1.66. The van der Waals surface area contributed by atoms with Crippen LogP contribution in [0.4, 0.5) is 13.6 Å². The predicted octanol–water partition coefficient (Wildman–Crippen LogP) is 1.43. The van der Waals surface area contributed by atoms with Crippen LogP contribution in [-0.2, 0) is 0 Å². The van der Waals surface area contributed by atoms with E-state index in [0.29, 0.717) is 19.3 Å². The molecule has 9 heteroatoms. The molecule has 1 aromatic heterocycles. The highest BCUT2D eigenvalue weighted by Gasteiger charge is 2.71. The third-order valence-corrected chi connectivity index (χ3v) is 4.51. The van der Waals surface area contributed by atoms with Gasteiger partial charge >= 0.3 is 6.09 Å². The molecular weight excluding hydrogens is 298 g/mol. The van der Waals surface area contributed by atoms with Crippen LogP contribution in [0.2, 0.25) is 0 Å². The third-order valence-electron chi connectivity index (χ3n) is 4.51. The second kappa shape index (κ2) is 4.59. The van der Waals surface area contributed by atoms with Crippen LogP contribution in [0, 0.1) is 0 Å². The number of aromatic nitrogens is 2. The number of hydrogen-bond acceptors (Lipinski definition) is 4. The molecule has 3 saturated carbocycles. The molecule has 0 aliphatic heterocycles. The Morgan fingerprint density at radius 1 is 1.32 bits per heavy atom. The molecule has 0 radical (unpaired) electrons. The van der Waals surface area contributed by atoms with Crippen LogP contribution < -0.4 is 5.32 Å². The minimum Gasteiger partial charge on any atom is -0.465 e. The largest absolute Gasteiger partial charge is 0.465 e. The predicted molar refractivity (Wildman–Crippen MR) is 69.6 cm³/mol. The molecule has 2 amide bonds. The maximum atomic E-state index is 12.4. The van der Waals surface area contributed by atoms with Gasteiger partial charge in [-0.25, -0.2) is 18.6 Å². The fourth-order valence-electron chi connectivity index (χ4n) is 3.40. The number of halogens is 2. The average molecular weight is 312 g/mol. The van der Waals surface area contributed by atoms with E-state index in [2.05, 4.69) is 15.3 Å². The molecule has 1 aromatic rings. The molecule has 3 aliphatic rings. The van der Waals surface area contributed by atoms with Gasteiger partial charge in [-0.1, -0.05) is 0 Å². The Hall–Kier alpha value is -2.32.